The van der Waals surface area contributed by atoms with Crippen LogP contribution in [0.2, 0.25) is 0 Å². The lowest BCUT2D eigenvalue weighted by Gasteiger charge is -2.34. The number of ether oxygens (including phenoxy) is 1. The minimum atomic E-state index is -0.877. The number of piperidine rings is 1. The van der Waals surface area contributed by atoms with Crippen molar-refractivity contribution in [3.05, 3.63) is 53.6 Å². The molecular formula is C37H37F2N5O4. The van der Waals surface area contributed by atoms with Crippen LogP contribution in [0.25, 0.3) is 32.8 Å². The molecule has 1 aliphatic carbocycles. The first-order valence-corrected chi connectivity index (χ1v) is 16.7. The van der Waals surface area contributed by atoms with E-state index < -0.39 is 17.6 Å². The molecule has 8 rings (SSSR count). The fourth-order valence-electron chi connectivity index (χ4n) is 7.97. The van der Waals surface area contributed by atoms with Crippen LogP contribution in [0.4, 0.5) is 14.6 Å². The first-order chi connectivity index (χ1) is 23.2. The molecule has 2 bridgehead atoms. The number of aromatic hydroxyl groups is 1. The summed E-state index contributed by atoms with van der Waals surface area (Å²) in [6.07, 6.45) is 11.0. The summed E-state index contributed by atoms with van der Waals surface area (Å²) in [6.45, 7) is 3.86. The van der Waals surface area contributed by atoms with Gasteiger partial charge in [0.25, 0.3) is 0 Å². The summed E-state index contributed by atoms with van der Waals surface area (Å²) >= 11 is 0. The second-order valence-corrected chi connectivity index (χ2v) is 14.0. The number of hydrogen-bond acceptors (Lipinski definition) is 8. The predicted molar refractivity (Wildman–Crippen MR) is 178 cm³/mol. The Hall–Kier alpha value is -4.53. The number of carboxylic acids is 1. The molecule has 11 heteroatoms. The number of aliphatic carboxylic acids is 1. The number of halogens is 2. The molecule has 0 radical (unpaired) electrons. The van der Waals surface area contributed by atoms with Gasteiger partial charge in [0.05, 0.1) is 18.1 Å². The van der Waals surface area contributed by atoms with Gasteiger partial charge < -0.3 is 30.1 Å². The molecule has 248 valence electrons. The number of benzene rings is 3. The molecule has 9 nitrogen and oxygen atoms in total. The summed E-state index contributed by atoms with van der Waals surface area (Å²) in [5, 5.41) is 24.8. The van der Waals surface area contributed by atoms with E-state index in [1.165, 1.54) is 18.2 Å². The van der Waals surface area contributed by atoms with Gasteiger partial charge in [-0.1, -0.05) is 18.1 Å². The number of piperazine rings is 1. The number of rotatable bonds is 8. The van der Waals surface area contributed by atoms with Crippen LogP contribution in [0.1, 0.15) is 44.1 Å². The van der Waals surface area contributed by atoms with Crippen LogP contribution in [0.15, 0.2) is 36.4 Å². The molecule has 2 unspecified atom stereocenters. The highest BCUT2D eigenvalue weighted by Gasteiger charge is 2.46. The van der Waals surface area contributed by atoms with E-state index in [1.54, 1.807) is 18.2 Å². The summed E-state index contributed by atoms with van der Waals surface area (Å²) in [5.74, 6) is 0.192. The van der Waals surface area contributed by atoms with E-state index in [9.17, 15) is 15.0 Å². The Morgan fingerprint density at radius 1 is 1.08 bits per heavy atom. The molecule has 0 spiro atoms. The maximum Gasteiger partial charge on any atom is 0.319 e. The molecule has 4 fully saturated rings. The van der Waals surface area contributed by atoms with E-state index in [0.717, 1.165) is 45.3 Å². The van der Waals surface area contributed by atoms with E-state index in [2.05, 4.69) is 26.0 Å². The first-order valence-electron chi connectivity index (χ1n) is 16.7. The van der Waals surface area contributed by atoms with Gasteiger partial charge in [0.2, 0.25) is 0 Å². The monoisotopic (exact) mass is 653 g/mol. The maximum absolute atomic E-state index is 16.9. The number of phenols is 1. The number of carboxylic acid groups (broad SMARTS) is 1. The second-order valence-electron chi connectivity index (χ2n) is 14.0. The normalized spacial score (nSPS) is 22.2. The number of nitrogens with one attached hydrogen (secondary N) is 1. The second kappa shape index (κ2) is 11.9. The van der Waals surface area contributed by atoms with Gasteiger partial charge in [0.1, 0.15) is 22.9 Å². The van der Waals surface area contributed by atoms with Crippen molar-refractivity contribution in [2.45, 2.75) is 50.6 Å². The Morgan fingerprint density at radius 3 is 2.52 bits per heavy atom. The summed E-state index contributed by atoms with van der Waals surface area (Å²) in [7, 11) is 0. The summed E-state index contributed by atoms with van der Waals surface area (Å²) in [4.78, 5) is 25.1. The molecule has 4 aliphatic rings. The molecule has 3 aromatic carbocycles. The van der Waals surface area contributed by atoms with Gasteiger partial charge in [-0.2, -0.15) is 9.97 Å². The van der Waals surface area contributed by atoms with Crippen LogP contribution in [-0.2, 0) is 4.79 Å². The third-order valence-electron chi connectivity index (χ3n) is 10.7. The molecular weight excluding hydrogens is 616 g/mol. The smallest absolute Gasteiger partial charge is 0.319 e. The van der Waals surface area contributed by atoms with Crippen LogP contribution in [0, 0.1) is 35.3 Å². The lowest BCUT2D eigenvalue weighted by Crippen LogP contribution is -2.51. The van der Waals surface area contributed by atoms with Crippen molar-refractivity contribution < 1.29 is 28.5 Å². The molecule has 2 atom stereocenters. The molecule has 1 aromatic heterocycles. The fourth-order valence-corrected chi connectivity index (χ4v) is 7.97. The van der Waals surface area contributed by atoms with Crippen LogP contribution in [0.3, 0.4) is 0 Å². The SMILES string of the molecule is C#Cc1cccc2cc(O)cc(-c3c(F)cc4c(N5CC6CCC(C5)N6)nc(OCC5(CN6CCC(C(=O)O)CC6)CC5)nc4c3F)c12. The molecule has 3 aliphatic heterocycles. The zero-order chi connectivity index (χ0) is 33.2. The topological polar surface area (TPSA) is 111 Å². The highest BCUT2D eigenvalue weighted by atomic mass is 19.1. The maximum atomic E-state index is 16.9. The van der Waals surface area contributed by atoms with Crippen molar-refractivity contribution in [2.24, 2.45) is 11.3 Å². The number of likely N-dealkylation sites (tertiary alicyclic amines) is 1. The molecule has 3 saturated heterocycles. The zero-order valence-electron chi connectivity index (χ0n) is 26.5. The van der Waals surface area contributed by atoms with Crippen molar-refractivity contribution in [3.63, 3.8) is 0 Å². The van der Waals surface area contributed by atoms with E-state index in [1.807, 2.05) is 0 Å². The van der Waals surface area contributed by atoms with E-state index >= 15 is 8.78 Å². The van der Waals surface area contributed by atoms with E-state index in [-0.39, 0.29) is 57.2 Å². The van der Waals surface area contributed by atoms with Gasteiger partial charge in [-0.3, -0.25) is 4.79 Å². The van der Waals surface area contributed by atoms with Crippen molar-refractivity contribution in [1.82, 2.24) is 20.2 Å². The van der Waals surface area contributed by atoms with Crippen molar-refractivity contribution in [3.8, 4) is 35.2 Å². The van der Waals surface area contributed by atoms with Crippen LogP contribution in [-0.4, -0.2) is 82.5 Å². The molecule has 3 N–H and O–H groups in total. The summed E-state index contributed by atoms with van der Waals surface area (Å²) < 4.78 is 39.4. The Balaban J connectivity index is 1.18. The Bertz CT molecular complexity index is 1970. The Morgan fingerprint density at radius 2 is 1.83 bits per heavy atom. The van der Waals surface area contributed by atoms with Crippen molar-refractivity contribution in [2.75, 3.05) is 44.2 Å². The van der Waals surface area contributed by atoms with Crippen molar-refractivity contribution in [1.29, 1.82) is 0 Å². The van der Waals surface area contributed by atoms with Gasteiger partial charge in [0, 0.05) is 59.0 Å². The quantitative estimate of drug-likeness (QED) is 0.218. The lowest BCUT2D eigenvalue weighted by molar-refractivity contribution is -0.143. The average molecular weight is 654 g/mol. The number of nitrogens with zero attached hydrogens (tertiary/aromatic N) is 4. The average Bonchev–Trinajstić information content (AvgIpc) is 3.76. The minimum Gasteiger partial charge on any atom is -0.508 e. The number of anilines is 1. The largest absolute Gasteiger partial charge is 0.508 e. The zero-order valence-corrected chi connectivity index (χ0v) is 26.5. The number of terminal acetylenes is 1. The number of fused-ring (bicyclic) bond motifs is 4. The minimum absolute atomic E-state index is 0.0285. The van der Waals surface area contributed by atoms with Gasteiger partial charge in [-0.05, 0) is 81.3 Å². The molecule has 4 heterocycles. The molecule has 4 aromatic rings. The van der Waals surface area contributed by atoms with E-state index in [4.69, 9.17) is 16.1 Å². The van der Waals surface area contributed by atoms with Gasteiger partial charge in [-0.15, -0.1) is 6.42 Å². The number of phenolic OH excluding ortho intramolecular Hbond substituents is 1. The van der Waals surface area contributed by atoms with Gasteiger partial charge >= 0.3 is 12.0 Å². The number of aromatic nitrogens is 2. The van der Waals surface area contributed by atoms with Crippen LogP contribution < -0.4 is 15.0 Å². The van der Waals surface area contributed by atoms with Crippen LogP contribution in [0.5, 0.6) is 11.8 Å². The standard InChI is InChI=1S/C37H37F2N5O4/c1-2-21-4-3-5-23-14-26(45)15-27(30(21)23)31-29(38)16-28-33(32(31)39)41-36(42-34(28)44-17-24-6-7-25(18-44)40-24)48-20-37(10-11-37)19-43-12-8-22(9-13-43)35(46)47/h1,3-5,14-16,22,24-25,40,45H,6-13,17-20H2,(H,46,47). The Kier molecular flexibility index (Phi) is 7.61. The fraction of sp³-hybridized carbons (Fsp3) is 0.432. The number of carbonyl (C=O) groups is 1. The van der Waals surface area contributed by atoms with Crippen LogP contribution >= 0.6 is 0 Å². The van der Waals surface area contributed by atoms with Crippen molar-refractivity contribution >= 4 is 33.5 Å². The predicted octanol–water partition coefficient (Wildman–Crippen LogP) is 5.31. The third-order valence-corrected chi connectivity index (χ3v) is 10.7. The highest BCUT2D eigenvalue weighted by molar-refractivity contribution is 6.04. The lowest BCUT2D eigenvalue weighted by atomic mass is 9.93. The van der Waals surface area contributed by atoms with E-state index in [0.29, 0.717) is 54.7 Å². The number of hydrogen-bond donors (Lipinski definition) is 3. The van der Waals surface area contributed by atoms with Gasteiger partial charge in [-0.25, -0.2) is 8.78 Å². The Labute approximate surface area is 276 Å². The molecule has 0 amide bonds. The first kappa shape index (κ1) is 30.8. The molecule has 48 heavy (non-hydrogen) atoms. The highest BCUT2D eigenvalue weighted by Crippen LogP contribution is 2.47. The molecule has 1 saturated carbocycles. The third kappa shape index (κ3) is 5.57. The van der Waals surface area contributed by atoms with Gasteiger partial charge in [0.15, 0.2) is 5.82 Å². The summed E-state index contributed by atoms with van der Waals surface area (Å²) in [6, 6.07) is 9.86. The summed E-state index contributed by atoms with van der Waals surface area (Å²) in [5.41, 5.74) is 0.0911.